The summed E-state index contributed by atoms with van der Waals surface area (Å²) >= 11 is 6.03. The molecule has 0 fully saturated rings. The van der Waals surface area contributed by atoms with Crippen LogP contribution >= 0.6 is 11.6 Å². The summed E-state index contributed by atoms with van der Waals surface area (Å²) in [5.41, 5.74) is 1.45. The third-order valence-electron chi connectivity index (χ3n) is 3.72. The summed E-state index contributed by atoms with van der Waals surface area (Å²) in [7, 11) is 0. The van der Waals surface area contributed by atoms with Gasteiger partial charge in [0.1, 0.15) is 0 Å². The molecular weight excluding hydrogens is 334 g/mol. The predicted octanol–water partition coefficient (Wildman–Crippen LogP) is 0.310. The molecule has 2 N–H and O–H groups in total. The quantitative estimate of drug-likeness (QED) is 0.827. The Hall–Kier alpha value is -2.45. The lowest BCUT2D eigenvalue weighted by Crippen LogP contribution is -2.38. The van der Waals surface area contributed by atoms with Gasteiger partial charge in [0.2, 0.25) is 0 Å². The van der Waals surface area contributed by atoms with E-state index < -0.39 is 0 Å². The molecule has 1 aliphatic heterocycles. The first-order valence-electron chi connectivity index (χ1n) is 7.44. The van der Waals surface area contributed by atoms with Crippen molar-refractivity contribution >= 4 is 23.4 Å². The second-order valence-corrected chi connectivity index (χ2v) is 5.71. The van der Waals surface area contributed by atoms with Crippen LogP contribution in [0.2, 0.25) is 5.02 Å². The summed E-state index contributed by atoms with van der Waals surface area (Å²) in [6.45, 7) is 1.36. The van der Waals surface area contributed by atoms with Gasteiger partial charge in [0.05, 0.1) is 36.0 Å². The molecule has 0 saturated heterocycles. The van der Waals surface area contributed by atoms with Crippen molar-refractivity contribution in [3.8, 4) is 0 Å². The van der Waals surface area contributed by atoms with E-state index >= 15 is 0 Å². The zero-order valence-corrected chi connectivity index (χ0v) is 13.5. The molecule has 3 heterocycles. The van der Waals surface area contributed by atoms with Gasteiger partial charge < -0.3 is 15.3 Å². The van der Waals surface area contributed by atoms with Crippen molar-refractivity contribution in [2.45, 2.75) is 13.1 Å². The highest BCUT2D eigenvalue weighted by atomic mass is 35.5. The van der Waals surface area contributed by atoms with Gasteiger partial charge in [-0.25, -0.2) is 0 Å². The molecular formula is C15H16ClN5O3. The number of hydrogen-bond donors (Lipinski definition) is 2. The van der Waals surface area contributed by atoms with Crippen molar-refractivity contribution in [1.82, 2.24) is 25.0 Å². The molecule has 0 aliphatic carbocycles. The molecule has 2 aromatic rings. The van der Waals surface area contributed by atoms with Gasteiger partial charge in [-0.1, -0.05) is 11.6 Å². The number of halogens is 1. The number of pyridine rings is 1. The van der Waals surface area contributed by atoms with Crippen LogP contribution in [0.15, 0.2) is 24.5 Å². The van der Waals surface area contributed by atoms with E-state index in [0.717, 1.165) is 5.69 Å². The van der Waals surface area contributed by atoms with Gasteiger partial charge in [0, 0.05) is 25.5 Å². The second-order valence-electron chi connectivity index (χ2n) is 5.31. The van der Waals surface area contributed by atoms with Gasteiger partial charge in [-0.05, 0) is 12.1 Å². The van der Waals surface area contributed by atoms with E-state index in [1.165, 1.54) is 12.4 Å². The van der Waals surface area contributed by atoms with Crippen LogP contribution in [0, 0.1) is 0 Å². The first kappa shape index (κ1) is 16.4. The van der Waals surface area contributed by atoms with Crippen molar-refractivity contribution in [3.05, 3.63) is 46.5 Å². The van der Waals surface area contributed by atoms with Crippen molar-refractivity contribution in [1.29, 1.82) is 0 Å². The molecule has 24 heavy (non-hydrogen) atoms. The maximum Gasteiger partial charge on any atom is 0.271 e. The number of carbonyl (C=O) groups is 2. The van der Waals surface area contributed by atoms with Crippen LogP contribution in [0.5, 0.6) is 0 Å². The van der Waals surface area contributed by atoms with Gasteiger partial charge in [-0.15, -0.1) is 0 Å². The van der Waals surface area contributed by atoms with E-state index in [2.05, 4.69) is 15.4 Å². The Bertz CT molecular complexity index is 776. The zero-order valence-electron chi connectivity index (χ0n) is 12.8. The van der Waals surface area contributed by atoms with E-state index in [4.69, 9.17) is 16.7 Å². The van der Waals surface area contributed by atoms with Crippen LogP contribution in [0.25, 0.3) is 0 Å². The maximum absolute atomic E-state index is 12.6. The Labute approximate surface area is 143 Å². The van der Waals surface area contributed by atoms with Crippen LogP contribution < -0.4 is 5.32 Å². The summed E-state index contributed by atoms with van der Waals surface area (Å²) in [4.78, 5) is 30.0. The molecule has 3 rings (SSSR count). The second kappa shape index (κ2) is 6.98. The molecule has 1 aliphatic rings. The van der Waals surface area contributed by atoms with E-state index in [-0.39, 0.29) is 30.7 Å². The molecule has 126 valence electrons. The molecule has 2 aromatic heterocycles. The summed E-state index contributed by atoms with van der Waals surface area (Å²) in [5.74, 6) is -0.526. The number of hydrogen-bond acceptors (Lipinski definition) is 5. The SMILES string of the molecule is O=C(NCCO)c1cc2n(n1)CCN(C(=O)c1ccncc1Cl)C2. The number of amides is 2. The van der Waals surface area contributed by atoms with Crippen molar-refractivity contribution < 1.29 is 14.7 Å². The molecule has 2 amide bonds. The van der Waals surface area contributed by atoms with Crippen LogP contribution in [0.4, 0.5) is 0 Å². The minimum atomic E-state index is -0.346. The number of aliphatic hydroxyl groups is 1. The number of nitrogens with zero attached hydrogens (tertiary/aromatic N) is 4. The predicted molar refractivity (Wildman–Crippen MR) is 85.6 cm³/mol. The zero-order chi connectivity index (χ0) is 17.1. The van der Waals surface area contributed by atoms with Crippen LogP contribution in [-0.4, -0.2) is 56.3 Å². The Kier molecular flexibility index (Phi) is 4.77. The molecule has 0 bridgehead atoms. The number of nitrogens with one attached hydrogen (secondary N) is 1. The minimum absolute atomic E-state index is 0.131. The van der Waals surface area contributed by atoms with Crippen molar-refractivity contribution in [3.63, 3.8) is 0 Å². The number of rotatable bonds is 4. The summed E-state index contributed by atoms with van der Waals surface area (Å²) in [6, 6.07) is 3.24. The first-order valence-corrected chi connectivity index (χ1v) is 7.82. The molecule has 0 aromatic carbocycles. The molecule has 0 unspecified atom stereocenters. The van der Waals surface area contributed by atoms with Gasteiger partial charge in [0.15, 0.2) is 5.69 Å². The average Bonchev–Trinajstić information content (AvgIpc) is 3.02. The monoisotopic (exact) mass is 349 g/mol. The van der Waals surface area contributed by atoms with Crippen LogP contribution in [0.1, 0.15) is 26.5 Å². The fourth-order valence-electron chi connectivity index (χ4n) is 2.53. The smallest absolute Gasteiger partial charge is 0.271 e. The highest BCUT2D eigenvalue weighted by Gasteiger charge is 2.25. The number of carbonyl (C=O) groups excluding carboxylic acids is 2. The Balaban J connectivity index is 1.75. The third-order valence-corrected chi connectivity index (χ3v) is 4.02. The van der Waals surface area contributed by atoms with Gasteiger partial charge >= 0.3 is 0 Å². The lowest BCUT2D eigenvalue weighted by atomic mass is 10.2. The standard InChI is InChI=1S/C15H16ClN5O3/c16-12-8-17-2-1-11(12)15(24)20-4-5-21-10(9-20)7-13(19-21)14(23)18-3-6-22/h1-2,7-8,22H,3-6,9H2,(H,18,23). The van der Waals surface area contributed by atoms with Crippen LogP contribution in [0.3, 0.4) is 0 Å². The summed E-state index contributed by atoms with van der Waals surface area (Å²) in [5, 5.41) is 15.9. The fraction of sp³-hybridized carbons (Fsp3) is 0.333. The van der Waals surface area contributed by atoms with Gasteiger partial charge in [-0.2, -0.15) is 5.10 Å². The first-order chi connectivity index (χ1) is 11.6. The van der Waals surface area contributed by atoms with E-state index in [0.29, 0.717) is 30.2 Å². The number of aromatic nitrogens is 3. The van der Waals surface area contributed by atoms with Gasteiger partial charge in [0.25, 0.3) is 11.8 Å². The minimum Gasteiger partial charge on any atom is -0.395 e. The molecule has 9 heteroatoms. The fourth-order valence-corrected chi connectivity index (χ4v) is 2.73. The third kappa shape index (κ3) is 3.24. The summed E-state index contributed by atoms with van der Waals surface area (Å²) < 4.78 is 1.71. The topological polar surface area (TPSA) is 100 Å². The molecule has 0 atom stereocenters. The lowest BCUT2D eigenvalue weighted by molar-refractivity contribution is 0.0705. The maximum atomic E-state index is 12.6. The highest BCUT2D eigenvalue weighted by Crippen LogP contribution is 2.20. The average molecular weight is 350 g/mol. The molecule has 0 saturated carbocycles. The van der Waals surface area contributed by atoms with E-state index in [1.807, 2.05) is 0 Å². The van der Waals surface area contributed by atoms with E-state index in [9.17, 15) is 9.59 Å². The number of aliphatic hydroxyl groups excluding tert-OH is 1. The molecule has 0 spiro atoms. The molecule has 0 radical (unpaired) electrons. The normalized spacial score (nSPS) is 13.5. The number of fused-ring (bicyclic) bond motifs is 1. The largest absolute Gasteiger partial charge is 0.395 e. The molecule has 8 nitrogen and oxygen atoms in total. The van der Waals surface area contributed by atoms with Crippen molar-refractivity contribution in [2.24, 2.45) is 0 Å². The van der Waals surface area contributed by atoms with Gasteiger partial charge in [-0.3, -0.25) is 19.3 Å². The summed E-state index contributed by atoms with van der Waals surface area (Å²) in [6.07, 6.45) is 2.96. The Morgan fingerprint density at radius 3 is 2.96 bits per heavy atom. The Morgan fingerprint density at radius 2 is 2.21 bits per heavy atom. The van der Waals surface area contributed by atoms with Crippen LogP contribution in [-0.2, 0) is 13.1 Å². The Morgan fingerprint density at radius 1 is 1.38 bits per heavy atom. The lowest BCUT2D eigenvalue weighted by Gasteiger charge is -2.27. The van der Waals surface area contributed by atoms with Crippen molar-refractivity contribution in [2.75, 3.05) is 19.7 Å². The highest BCUT2D eigenvalue weighted by molar-refractivity contribution is 6.33. The van der Waals surface area contributed by atoms with E-state index in [1.54, 1.807) is 21.7 Å².